The highest BCUT2D eigenvalue weighted by Crippen LogP contribution is 2.54. The summed E-state index contributed by atoms with van der Waals surface area (Å²) in [6.07, 6.45) is 0. The molecule has 0 saturated heterocycles. The smallest absolute Gasteiger partial charge is 0.0159 e. The minimum Gasteiger partial charge on any atom is -0.0622 e. The van der Waals surface area contributed by atoms with Crippen LogP contribution in [0.1, 0.15) is 25.0 Å². The van der Waals surface area contributed by atoms with Crippen LogP contribution in [0.25, 0.3) is 121 Å². The first-order chi connectivity index (χ1) is 33.0. The molecule has 0 atom stereocenters. The maximum absolute atomic E-state index is 2.51. The zero-order valence-corrected chi connectivity index (χ0v) is 37.6. The molecule has 1 aliphatic rings. The lowest BCUT2D eigenvalue weighted by Gasteiger charge is -2.24. The van der Waals surface area contributed by atoms with Crippen molar-refractivity contribution in [1.82, 2.24) is 0 Å². The van der Waals surface area contributed by atoms with Crippen LogP contribution >= 0.6 is 0 Å². The van der Waals surface area contributed by atoms with E-state index in [-0.39, 0.29) is 5.41 Å². The monoisotopic (exact) mass is 850 g/mol. The van der Waals surface area contributed by atoms with Crippen LogP contribution in [-0.2, 0) is 5.41 Å². The van der Waals surface area contributed by atoms with Crippen LogP contribution in [0.4, 0.5) is 0 Å². The topological polar surface area (TPSA) is 0 Å². The average molecular weight is 851 g/mol. The Morgan fingerprint density at radius 1 is 0.224 bits per heavy atom. The van der Waals surface area contributed by atoms with Gasteiger partial charge in [-0.15, -0.1) is 0 Å². The van der Waals surface area contributed by atoms with E-state index in [0.29, 0.717) is 0 Å². The molecule has 1 aliphatic carbocycles. The molecule has 0 aromatic heterocycles. The number of hydrogen-bond acceptors (Lipinski definition) is 0. The largest absolute Gasteiger partial charge is 0.0622 e. The Morgan fingerprint density at radius 3 is 0.910 bits per heavy atom. The molecule has 67 heavy (non-hydrogen) atoms. The van der Waals surface area contributed by atoms with Crippen molar-refractivity contribution in [2.75, 3.05) is 0 Å². The van der Waals surface area contributed by atoms with Gasteiger partial charge in [-0.05, 0) is 144 Å². The molecule has 0 amide bonds. The molecule has 12 aromatic carbocycles. The summed E-state index contributed by atoms with van der Waals surface area (Å²) in [4.78, 5) is 0. The first-order valence-electron chi connectivity index (χ1n) is 23.5. The maximum Gasteiger partial charge on any atom is 0.0159 e. The molecule has 0 saturated carbocycles. The fourth-order valence-electron chi connectivity index (χ4n) is 11.7. The summed E-state index contributed by atoms with van der Waals surface area (Å²) in [6.45, 7) is 4.85. The molecule has 0 heterocycles. The van der Waals surface area contributed by atoms with E-state index in [1.807, 2.05) is 0 Å². The quantitative estimate of drug-likeness (QED) is 0.146. The van der Waals surface area contributed by atoms with Crippen molar-refractivity contribution in [3.63, 3.8) is 0 Å². The Hall–Kier alpha value is -8.32. The molecule has 0 N–H and O–H groups in total. The van der Waals surface area contributed by atoms with Crippen LogP contribution in [0.5, 0.6) is 0 Å². The Morgan fingerprint density at radius 2 is 0.537 bits per heavy atom. The summed E-state index contributed by atoms with van der Waals surface area (Å²) >= 11 is 0. The molecule has 0 bridgehead atoms. The normalized spacial score (nSPS) is 12.7. The standard InChI is InChI=1S/C67H46/c1-67(2)59-41-47(61-53-29-15-17-31-55(53)63(45-25-11-5-12-26-45)65-49(33-19-35-57(61)65)43-21-7-3-8-22-43)37-39-51(59)52-40-38-48(42-60(52)67)62-54-30-16-18-32-56(54)64(46-27-13-6-14-28-46)66-50(34-20-36-58(62)66)44-23-9-4-10-24-44/h3-42H,1-2H3. The first-order valence-corrected chi connectivity index (χ1v) is 23.5. The van der Waals surface area contributed by atoms with E-state index < -0.39 is 0 Å². The highest BCUT2D eigenvalue weighted by molar-refractivity contribution is 6.26. The zero-order valence-electron chi connectivity index (χ0n) is 37.6. The third-order valence-electron chi connectivity index (χ3n) is 14.6. The minimum absolute atomic E-state index is 0.258. The number of fused-ring (bicyclic) bond motifs is 7. The predicted octanol–water partition coefficient (Wildman–Crippen LogP) is 18.6. The van der Waals surface area contributed by atoms with E-state index in [1.165, 1.54) is 132 Å². The van der Waals surface area contributed by atoms with Crippen molar-refractivity contribution < 1.29 is 0 Å². The summed E-state index contributed by atoms with van der Waals surface area (Å²) < 4.78 is 0. The molecule has 0 aliphatic heterocycles. The van der Waals surface area contributed by atoms with Crippen LogP contribution in [-0.4, -0.2) is 0 Å². The molecule has 0 nitrogen and oxygen atoms in total. The molecule has 314 valence electrons. The van der Waals surface area contributed by atoms with Crippen molar-refractivity contribution in [2.24, 2.45) is 0 Å². The van der Waals surface area contributed by atoms with Gasteiger partial charge in [-0.25, -0.2) is 0 Å². The van der Waals surface area contributed by atoms with Gasteiger partial charge in [0.1, 0.15) is 0 Å². The van der Waals surface area contributed by atoms with Crippen LogP contribution in [0.3, 0.4) is 0 Å². The van der Waals surface area contributed by atoms with Crippen LogP contribution in [0.2, 0.25) is 0 Å². The van der Waals surface area contributed by atoms with E-state index in [0.717, 1.165) is 0 Å². The summed E-state index contributed by atoms with van der Waals surface area (Å²) in [5, 5.41) is 10.2. The van der Waals surface area contributed by atoms with Gasteiger partial charge in [0.25, 0.3) is 0 Å². The Bertz CT molecular complexity index is 3640. The van der Waals surface area contributed by atoms with Gasteiger partial charge in [0.15, 0.2) is 0 Å². The molecule has 0 spiro atoms. The second-order valence-electron chi connectivity index (χ2n) is 18.7. The number of benzene rings is 12. The summed E-state index contributed by atoms with van der Waals surface area (Å²) in [6, 6.07) is 90.1. The van der Waals surface area contributed by atoms with Crippen LogP contribution < -0.4 is 0 Å². The first kappa shape index (κ1) is 39.1. The van der Waals surface area contributed by atoms with Crippen molar-refractivity contribution in [3.05, 3.63) is 254 Å². The van der Waals surface area contributed by atoms with Gasteiger partial charge in [-0.3, -0.25) is 0 Å². The molecule has 13 rings (SSSR count). The van der Waals surface area contributed by atoms with Gasteiger partial charge < -0.3 is 0 Å². The molecular formula is C67H46. The highest BCUT2D eigenvalue weighted by Gasteiger charge is 2.36. The van der Waals surface area contributed by atoms with E-state index in [4.69, 9.17) is 0 Å². The molecule has 0 unspecified atom stereocenters. The van der Waals surface area contributed by atoms with Crippen molar-refractivity contribution in [2.45, 2.75) is 19.3 Å². The molecule has 12 aromatic rings. The molecule has 0 fully saturated rings. The highest BCUT2D eigenvalue weighted by atomic mass is 14.4. The van der Waals surface area contributed by atoms with Gasteiger partial charge in [0, 0.05) is 5.41 Å². The zero-order chi connectivity index (χ0) is 44.6. The average Bonchev–Trinajstić information content (AvgIpc) is 3.62. The third kappa shape index (κ3) is 6.07. The summed E-state index contributed by atoms with van der Waals surface area (Å²) in [7, 11) is 0. The Balaban J connectivity index is 1.03. The lowest BCUT2D eigenvalue weighted by atomic mass is 9.78. The van der Waals surface area contributed by atoms with Gasteiger partial charge in [0.2, 0.25) is 0 Å². The van der Waals surface area contributed by atoms with Crippen molar-refractivity contribution >= 4 is 43.1 Å². The van der Waals surface area contributed by atoms with Crippen LogP contribution in [0.15, 0.2) is 243 Å². The summed E-state index contributed by atoms with van der Waals surface area (Å²) in [5.41, 5.74) is 20.1. The molecular weight excluding hydrogens is 805 g/mol. The second kappa shape index (κ2) is 15.4. The van der Waals surface area contributed by atoms with Gasteiger partial charge in [-0.2, -0.15) is 0 Å². The minimum atomic E-state index is -0.258. The number of rotatable bonds is 6. The predicted molar refractivity (Wildman–Crippen MR) is 287 cm³/mol. The second-order valence-corrected chi connectivity index (χ2v) is 18.7. The van der Waals surface area contributed by atoms with E-state index >= 15 is 0 Å². The number of hydrogen-bond donors (Lipinski definition) is 0. The van der Waals surface area contributed by atoms with Crippen LogP contribution in [0, 0.1) is 0 Å². The lowest BCUT2D eigenvalue weighted by molar-refractivity contribution is 0.661. The fraction of sp³-hybridized carbons (Fsp3) is 0.0448. The van der Waals surface area contributed by atoms with Gasteiger partial charge in [0.05, 0.1) is 0 Å². The van der Waals surface area contributed by atoms with Gasteiger partial charge >= 0.3 is 0 Å². The SMILES string of the molecule is CC1(C)c2cc(-c3c4ccccc4c(-c4ccccc4)c4c(-c5ccccc5)cccc34)ccc2-c2ccc(-c3c4ccccc4c(-c4ccccc4)c4c(-c5ccccc5)cccc34)cc21. The molecule has 0 heteroatoms. The van der Waals surface area contributed by atoms with Gasteiger partial charge in [-0.1, -0.05) is 244 Å². The van der Waals surface area contributed by atoms with E-state index in [2.05, 4.69) is 257 Å². The van der Waals surface area contributed by atoms with E-state index in [1.54, 1.807) is 0 Å². The third-order valence-corrected chi connectivity index (χ3v) is 14.6. The van der Waals surface area contributed by atoms with Crippen molar-refractivity contribution in [1.29, 1.82) is 0 Å². The Labute approximate surface area is 392 Å². The van der Waals surface area contributed by atoms with E-state index in [9.17, 15) is 0 Å². The maximum atomic E-state index is 2.51. The summed E-state index contributed by atoms with van der Waals surface area (Å²) in [5.74, 6) is 0. The van der Waals surface area contributed by atoms with Crippen molar-refractivity contribution in [3.8, 4) is 77.9 Å². The fourth-order valence-corrected chi connectivity index (χ4v) is 11.7. The molecule has 0 radical (unpaired) electrons. The Kier molecular flexibility index (Phi) is 8.98. The lowest BCUT2D eigenvalue weighted by Crippen LogP contribution is -2.15.